The third-order valence-corrected chi connectivity index (χ3v) is 11.8. The Kier molecular flexibility index (Phi) is 5.64. The predicted molar refractivity (Wildman–Crippen MR) is 108 cm³/mol. The van der Waals surface area contributed by atoms with E-state index in [4.69, 9.17) is 0 Å². The molecule has 1 nitrogen and oxygen atoms in total. The zero-order chi connectivity index (χ0) is 18.9. The number of hydrogen-bond donors (Lipinski definition) is 1. The summed E-state index contributed by atoms with van der Waals surface area (Å²) < 4.78 is 14.6. The second-order valence-electron chi connectivity index (χ2n) is 7.95. The maximum atomic E-state index is 14.6. The van der Waals surface area contributed by atoms with Crippen molar-refractivity contribution in [1.82, 2.24) is 0 Å². The van der Waals surface area contributed by atoms with E-state index >= 15 is 0 Å². The molecular weight excluding hydrogens is 327 g/mol. The van der Waals surface area contributed by atoms with E-state index in [1.165, 1.54) is 6.07 Å². The molecule has 0 spiro atoms. The fourth-order valence-electron chi connectivity index (χ4n) is 4.29. The minimum atomic E-state index is -1.96. The van der Waals surface area contributed by atoms with Crippen LogP contribution in [0.5, 0.6) is 5.75 Å². The third-order valence-electron chi connectivity index (χ3n) is 5.46. The fraction of sp³-hybridized carbons (Fsp3) is 0.455. The van der Waals surface area contributed by atoms with Crippen molar-refractivity contribution in [2.24, 2.45) is 0 Å². The highest BCUT2D eigenvalue weighted by Gasteiger charge is 2.41. The number of hydrogen-bond acceptors (Lipinski definition) is 1. The summed E-state index contributed by atoms with van der Waals surface area (Å²) in [6.07, 6.45) is 0. The molecule has 2 rings (SSSR count). The Morgan fingerprint density at radius 3 is 2.04 bits per heavy atom. The highest BCUT2D eigenvalue weighted by atomic mass is 28.3. The van der Waals surface area contributed by atoms with Crippen LogP contribution in [0.4, 0.5) is 4.39 Å². The van der Waals surface area contributed by atoms with Gasteiger partial charge < -0.3 is 5.11 Å². The molecule has 0 aliphatic heterocycles. The van der Waals surface area contributed by atoms with Crippen LogP contribution in [0.3, 0.4) is 0 Å². The zero-order valence-electron chi connectivity index (χ0n) is 16.4. The van der Waals surface area contributed by atoms with Gasteiger partial charge in [0.15, 0.2) is 0 Å². The van der Waals surface area contributed by atoms with Crippen LogP contribution in [0.2, 0.25) is 16.6 Å². The Morgan fingerprint density at radius 1 is 0.960 bits per heavy atom. The van der Waals surface area contributed by atoms with Gasteiger partial charge in [0.25, 0.3) is 0 Å². The normalized spacial score (nSPS) is 12.1. The third kappa shape index (κ3) is 3.46. The van der Waals surface area contributed by atoms with Gasteiger partial charge in [0.2, 0.25) is 0 Å². The van der Waals surface area contributed by atoms with Gasteiger partial charge in [-0.3, -0.25) is 0 Å². The van der Waals surface area contributed by atoms with E-state index in [9.17, 15) is 9.50 Å². The van der Waals surface area contributed by atoms with Crippen molar-refractivity contribution >= 4 is 18.8 Å². The van der Waals surface area contributed by atoms with Crippen molar-refractivity contribution in [2.45, 2.75) is 65.1 Å². The van der Waals surface area contributed by atoms with Crippen LogP contribution < -0.4 is 0 Å². The van der Waals surface area contributed by atoms with E-state index in [1.807, 2.05) is 13.0 Å². The monoisotopic (exact) mass is 356 g/mol. The van der Waals surface area contributed by atoms with Gasteiger partial charge in [0.05, 0.1) is 5.56 Å². The number of rotatable bonds is 3. The largest absolute Gasteiger partial charge is 0.507 e. The van der Waals surface area contributed by atoms with E-state index in [2.05, 4.69) is 53.0 Å². The highest BCUT2D eigenvalue weighted by Crippen LogP contribution is 2.41. The number of aromatic hydroxyl groups is 1. The molecule has 2 aromatic carbocycles. The summed E-state index contributed by atoms with van der Waals surface area (Å²) >= 11 is 0. The molecule has 0 saturated heterocycles. The molecule has 0 unspecified atom stereocenters. The highest BCUT2D eigenvalue weighted by molar-refractivity contribution is 6.90. The Balaban J connectivity index is 2.77. The molecule has 3 heteroatoms. The first kappa shape index (κ1) is 19.5. The van der Waals surface area contributed by atoms with Crippen LogP contribution in [0, 0.1) is 24.2 Å². The van der Waals surface area contributed by atoms with E-state index in [-0.39, 0.29) is 11.6 Å². The van der Waals surface area contributed by atoms with E-state index < -0.39 is 8.07 Å². The van der Waals surface area contributed by atoms with Crippen LogP contribution in [0.15, 0.2) is 24.3 Å². The summed E-state index contributed by atoms with van der Waals surface area (Å²) in [7, 11) is -1.96. The molecule has 0 heterocycles. The molecule has 0 fully saturated rings. The SMILES string of the molecule is Cc1cc(O)c2c(C#C[Si](C(C)C)(C(C)C)C(C)C)c(F)ccc2c1. The Labute approximate surface area is 152 Å². The lowest BCUT2D eigenvalue weighted by molar-refractivity contribution is 0.480. The van der Waals surface area contributed by atoms with Crippen molar-refractivity contribution in [1.29, 1.82) is 0 Å². The topological polar surface area (TPSA) is 20.2 Å². The minimum Gasteiger partial charge on any atom is -0.507 e. The number of phenolic OH excluding ortho intramolecular Hbond substituents is 1. The van der Waals surface area contributed by atoms with E-state index in [1.54, 1.807) is 12.1 Å². The molecule has 0 bridgehead atoms. The fourth-order valence-corrected chi connectivity index (χ4v) is 9.50. The molecule has 134 valence electrons. The number of fused-ring (bicyclic) bond motifs is 1. The lowest BCUT2D eigenvalue weighted by Crippen LogP contribution is -2.43. The maximum absolute atomic E-state index is 14.6. The molecule has 0 saturated carbocycles. The molecule has 0 aliphatic rings. The number of aryl methyl sites for hydroxylation is 1. The summed E-state index contributed by atoms with van der Waals surface area (Å²) in [4.78, 5) is 0. The second-order valence-corrected chi connectivity index (χ2v) is 13.5. The molecule has 1 N–H and O–H groups in total. The average molecular weight is 357 g/mol. The van der Waals surface area contributed by atoms with Crippen LogP contribution in [-0.4, -0.2) is 13.2 Å². The molecule has 0 radical (unpaired) electrons. The number of halogens is 1. The zero-order valence-corrected chi connectivity index (χ0v) is 17.4. The standard InChI is InChI=1S/C22H29FOSi/c1-14(2)25(15(3)4,16(5)6)11-10-19-20(23)9-8-18-12-17(7)13-21(24)22(18)19/h8-9,12-16,24H,1-7H3. The van der Waals surface area contributed by atoms with Gasteiger partial charge in [-0.25, -0.2) is 4.39 Å². The van der Waals surface area contributed by atoms with Gasteiger partial charge >= 0.3 is 0 Å². The Bertz CT molecular complexity index is 819. The number of phenols is 1. The van der Waals surface area contributed by atoms with Crippen molar-refractivity contribution in [2.75, 3.05) is 0 Å². The molecular formula is C22H29FOSi. The van der Waals surface area contributed by atoms with Gasteiger partial charge in [-0.05, 0) is 46.6 Å². The first-order chi connectivity index (χ1) is 11.6. The van der Waals surface area contributed by atoms with Crippen molar-refractivity contribution in [3.8, 4) is 17.2 Å². The summed E-state index contributed by atoms with van der Waals surface area (Å²) in [5, 5.41) is 11.7. The Hall–Kier alpha value is -1.79. The van der Waals surface area contributed by atoms with Crippen molar-refractivity contribution < 1.29 is 9.50 Å². The smallest absolute Gasteiger partial charge is 0.146 e. The average Bonchev–Trinajstić information content (AvgIpc) is 2.48. The Morgan fingerprint density at radius 2 is 1.52 bits per heavy atom. The first-order valence-electron chi connectivity index (χ1n) is 9.06. The molecule has 0 aliphatic carbocycles. The van der Waals surface area contributed by atoms with Gasteiger partial charge in [-0.2, -0.15) is 0 Å². The van der Waals surface area contributed by atoms with Crippen molar-refractivity contribution in [3.63, 3.8) is 0 Å². The lowest BCUT2D eigenvalue weighted by atomic mass is 10.0. The summed E-state index contributed by atoms with van der Waals surface area (Å²) in [6, 6.07) is 6.79. The van der Waals surface area contributed by atoms with E-state index in [0.29, 0.717) is 27.6 Å². The van der Waals surface area contributed by atoms with Crippen LogP contribution in [-0.2, 0) is 0 Å². The van der Waals surface area contributed by atoms with Gasteiger partial charge in [0.1, 0.15) is 19.6 Å². The van der Waals surface area contributed by atoms with Gasteiger partial charge in [-0.15, -0.1) is 5.54 Å². The van der Waals surface area contributed by atoms with Gasteiger partial charge in [-0.1, -0.05) is 59.6 Å². The predicted octanol–water partition coefficient (Wildman–Crippen LogP) is 6.56. The van der Waals surface area contributed by atoms with Gasteiger partial charge in [0, 0.05) is 5.39 Å². The molecule has 2 aromatic rings. The molecule has 0 aromatic heterocycles. The summed E-state index contributed by atoms with van der Waals surface area (Å²) in [6.45, 7) is 15.3. The quantitative estimate of drug-likeness (QED) is 0.487. The molecule has 0 amide bonds. The van der Waals surface area contributed by atoms with Crippen LogP contribution >= 0.6 is 0 Å². The van der Waals surface area contributed by atoms with Crippen LogP contribution in [0.25, 0.3) is 10.8 Å². The van der Waals surface area contributed by atoms with E-state index in [0.717, 1.165) is 10.9 Å². The number of benzene rings is 2. The maximum Gasteiger partial charge on any atom is 0.146 e. The molecule has 0 atom stereocenters. The lowest BCUT2D eigenvalue weighted by Gasteiger charge is -2.38. The first-order valence-corrected chi connectivity index (χ1v) is 11.3. The summed E-state index contributed by atoms with van der Waals surface area (Å²) in [5.41, 5.74) is 6.28. The minimum absolute atomic E-state index is 0.102. The second kappa shape index (κ2) is 7.21. The van der Waals surface area contributed by atoms with Crippen molar-refractivity contribution in [3.05, 3.63) is 41.2 Å². The molecule has 25 heavy (non-hydrogen) atoms. The van der Waals surface area contributed by atoms with Crippen LogP contribution in [0.1, 0.15) is 52.7 Å². The summed E-state index contributed by atoms with van der Waals surface area (Å²) in [5.74, 6) is 2.92.